The molecule has 1 aliphatic rings. The van der Waals surface area contributed by atoms with Gasteiger partial charge < -0.3 is 0 Å². The van der Waals surface area contributed by atoms with Crippen LogP contribution in [0.5, 0.6) is 0 Å². The van der Waals surface area contributed by atoms with Gasteiger partial charge in [0.1, 0.15) is 0 Å². The van der Waals surface area contributed by atoms with E-state index in [9.17, 15) is 0 Å². The highest BCUT2D eigenvalue weighted by Crippen LogP contribution is 2.40. The maximum atomic E-state index is 2.38. The molecular formula is C22H26. The molecule has 0 heterocycles. The van der Waals surface area contributed by atoms with Crippen molar-refractivity contribution in [2.45, 2.75) is 51.9 Å². The standard InChI is InChI=1S/C22H26/c1-5-7-17-10-11-18-8-6-9-20(21(17)18)16-12-14-19(15-13-16)22(2,3)4/h6,8-15,17H,5,7H2,1-4H3. The molecule has 0 fully saturated rings. The number of fused-ring (bicyclic) bond motifs is 1. The minimum Gasteiger partial charge on any atom is -0.0764 e. The molecule has 0 saturated heterocycles. The first-order valence-corrected chi connectivity index (χ1v) is 8.42. The fraction of sp³-hybridized carbons (Fsp3) is 0.364. The van der Waals surface area contributed by atoms with Crippen molar-refractivity contribution in [1.82, 2.24) is 0 Å². The Labute approximate surface area is 134 Å². The van der Waals surface area contributed by atoms with Crippen molar-refractivity contribution in [3.63, 3.8) is 0 Å². The molecule has 2 aromatic rings. The molecule has 0 spiro atoms. The maximum absolute atomic E-state index is 2.38. The minimum absolute atomic E-state index is 0.212. The summed E-state index contributed by atoms with van der Waals surface area (Å²) in [5.74, 6) is 0.582. The summed E-state index contributed by atoms with van der Waals surface area (Å²) in [5.41, 5.74) is 7.27. The summed E-state index contributed by atoms with van der Waals surface area (Å²) in [6.45, 7) is 9.07. The maximum Gasteiger partial charge on any atom is 0.00332 e. The zero-order valence-electron chi connectivity index (χ0n) is 14.2. The fourth-order valence-electron chi connectivity index (χ4n) is 3.41. The van der Waals surface area contributed by atoms with Gasteiger partial charge in [0.2, 0.25) is 0 Å². The average molecular weight is 290 g/mol. The van der Waals surface area contributed by atoms with Gasteiger partial charge in [-0.3, -0.25) is 0 Å². The van der Waals surface area contributed by atoms with E-state index in [1.807, 2.05) is 0 Å². The highest BCUT2D eigenvalue weighted by molar-refractivity contribution is 5.77. The van der Waals surface area contributed by atoms with Gasteiger partial charge >= 0.3 is 0 Å². The molecule has 0 saturated carbocycles. The quantitative estimate of drug-likeness (QED) is 0.600. The normalized spacial score (nSPS) is 16.8. The molecule has 1 unspecified atom stereocenters. The van der Waals surface area contributed by atoms with Gasteiger partial charge in [-0.2, -0.15) is 0 Å². The molecule has 0 nitrogen and oxygen atoms in total. The Bertz CT molecular complexity index is 681. The number of allylic oxidation sites excluding steroid dienone is 1. The number of hydrogen-bond acceptors (Lipinski definition) is 0. The Kier molecular flexibility index (Phi) is 3.95. The zero-order chi connectivity index (χ0) is 15.7. The van der Waals surface area contributed by atoms with E-state index in [1.54, 1.807) is 0 Å². The monoisotopic (exact) mass is 290 g/mol. The summed E-state index contributed by atoms with van der Waals surface area (Å²) in [7, 11) is 0. The van der Waals surface area contributed by atoms with Crippen LogP contribution in [0.3, 0.4) is 0 Å². The van der Waals surface area contributed by atoms with E-state index in [2.05, 4.69) is 82.3 Å². The fourth-order valence-corrected chi connectivity index (χ4v) is 3.41. The van der Waals surface area contributed by atoms with Crippen molar-refractivity contribution in [3.05, 3.63) is 65.2 Å². The van der Waals surface area contributed by atoms with Crippen molar-refractivity contribution >= 4 is 6.08 Å². The predicted molar refractivity (Wildman–Crippen MR) is 97.3 cm³/mol. The first-order valence-electron chi connectivity index (χ1n) is 8.42. The average Bonchev–Trinajstić information content (AvgIpc) is 2.90. The van der Waals surface area contributed by atoms with Crippen LogP contribution < -0.4 is 0 Å². The summed E-state index contributed by atoms with van der Waals surface area (Å²) in [6, 6.07) is 15.9. The molecule has 0 bridgehead atoms. The van der Waals surface area contributed by atoms with Gasteiger partial charge in [0, 0.05) is 5.92 Å². The first-order chi connectivity index (χ1) is 10.5. The topological polar surface area (TPSA) is 0 Å². The Morgan fingerprint density at radius 2 is 1.68 bits per heavy atom. The molecule has 0 amide bonds. The lowest BCUT2D eigenvalue weighted by Gasteiger charge is -2.20. The Morgan fingerprint density at radius 3 is 2.32 bits per heavy atom. The zero-order valence-corrected chi connectivity index (χ0v) is 14.2. The van der Waals surface area contributed by atoms with Crippen LogP contribution in [0.4, 0.5) is 0 Å². The number of hydrogen-bond donors (Lipinski definition) is 0. The van der Waals surface area contributed by atoms with E-state index in [0.29, 0.717) is 5.92 Å². The summed E-state index contributed by atoms with van der Waals surface area (Å²) in [5, 5.41) is 0. The lowest BCUT2D eigenvalue weighted by atomic mass is 9.84. The van der Waals surface area contributed by atoms with Crippen LogP contribution in [0.2, 0.25) is 0 Å². The minimum atomic E-state index is 0.212. The molecule has 1 atom stereocenters. The van der Waals surface area contributed by atoms with Gasteiger partial charge in [0.05, 0.1) is 0 Å². The highest BCUT2D eigenvalue weighted by atomic mass is 14.2. The van der Waals surface area contributed by atoms with Gasteiger partial charge in [-0.05, 0) is 39.7 Å². The third kappa shape index (κ3) is 2.75. The van der Waals surface area contributed by atoms with E-state index in [0.717, 1.165) is 0 Å². The molecule has 22 heavy (non-hydrogen) atoms. The SMILES string of the molecule is CCCC1C=Cc2cccc(-c3ccc(C(C)(C)C)cc3)c21. The predicted octanol–water partition coefficient (Wildman–Crippen LogP) is 6.56. The summed E-state index contributed by atoms with van der Waals surface area (Å²) in [4.78, 5) is 0. The molecule has 0 N–H and O–H groups in total. The first kappa shape index (κ1) is 15.1. The van der Waals surface area contributed by atoms with Crippen molar-refractivity contribution < 1.29 is 0 Å². The van der Waals surface area contributed by atoms with Crippen LogP contribution in [0.1, 0.15) is 63.1 Å². The van der Waals surface area contributed by atoms with Gasteiger partial charge in [-0.15, -0.1) is 0 Å². The Balaban J connectivity index is 2.02. The second-order valence-electron chi connectivity index (χ2n) is 7.39. The molecule has 0 aromatic heterocycles. The van der Waals surface area contributed by atoms with Crippen molar-refractivity contribution in [2.75, 3.05) is 0 Å². The molecule has 1 aliphatic carbocycles. The van der Waals surface area contributed by atoms with E-state index < -0.39 is 0 Å². The molecule has 0 heteroatoms. The molecule has 2 aromatic carbocycles. The summed E-state index contributed by atoms with van der Waals surface area (Å²) >= 11 is 0. The van der Waals surface area contributed by atoms with Crippen molar-refractivity contribution in [3.8, 4) is 11.1 Å². The van der Waals surface area contributed by atoms with Crippen molar-refractivity contribution in [2.24, 2.45) is 0 Å². The Morgan fingerprint density at radius 1 is 0.955 bits per heavy atom. The highest BCUT2D eigenvalue weighted by Gasteiger charge is 2.21. The molecule has 3 rings (SSSR count). The van der Waals surface area contributed by atoms with Crippen LogP contribution in [0.15, 0.2) is 48.5 Å². The number of rotatable bonds is 3. The third-order valence-electron chi connectivity index (χ3n) is 4.68. The van der Waals surface area contributed by atoms with Crippen LogP contribution in [0, 0.1) is 0 Å². The van der Waals surface area contributed by atoms with Gasteiger partial charge in [-0.25, -0.2) is 0 Å². The van der Waals surface area contributed by atoms with Gasteiger partial charge in [0.25, 0.3) is 0 Å². The summed E-state index contributed by atoms with van der Waals surface area (Å²) in [6.07, 6.45) is 7.14. The molecular weight excluding hydrogens is 264 g/mol. The smallest absolute Gasteiger partial charge is 0.00332 e. The molecule has 0 aliphatic heterocycles. The van der Waals surface area contributed by atoms with E-state index >= 15 is 0 Å². The Hall–Kier alpha value is -1.82. The van der Waals surface area contributed by atoms with Crippen LogP contribution in [0.25, 0.3) is 17.2 Å². The van der Waals surface area contributed by atoms with E-state index in [4.69, 9.17) is 0 Å². The van der Waals surface area contributed by atoms with Crippen LogP contribution >= 0.6 is 0 Å². The van der Waals surface area contributed by atoms with E-state index in [-0.39, 0.29) is 5.41 Å². The molecule has 114 valence electrons. The lowest BCUT2D eigenvalue weighted by molar-refractivity contribution is 0.590. The number of benzene rings is 2. The summed E-state index contributed by atoms with van der Waals surface area (Å²) < 4.78 is 0. The second-order valence-corrected chi connectivity index (χ2v) is 7.39. The van der Waals surface area contributed by atoms with Crippen LogP contribution in [-0.4, -0.2) is 0 Å². The van der Waals surface area contributed by atoms with Crippen molar-refractivity contribution in [1.29, 1.82) is 0 Å². The van der Waals surface area contributed by atoms with E-state index in [1.165, 1.54) is 40.7 Å². The van der Waals surface area contributed by atoms with Gasteiger partial charge in [-0.1, -0.05) is 88.7 Å². The largest absolute Gasteiger partial charge is 0.0764 e. The van der Waals surface area contributed by atoms with Gasteiger partial charge in [0.15, 0.2) is 0 Å². The third-order valence-corrected chi connectivity index (χ3v) is 4.68. The molecule has 0 radical (unpaired) electrons. The van der Waals surface area contributed by atoms with Crippen LogP contribution in [-0.2, 0) is 5.41 Å². The second kappa shape index (κ2) is 5.76. The lowest BCUT2D eigenvalue weighted by Crippen LogP contribution is -2.10.